The Morgan fingerprint density at radius 1 is 1.82 bits per heavy atom. The predicted octanol–water partition coefficient (Wildman–Crippen LogP) is -1.20. The first-order valence-electron chi connectivity index (χ1n) is 3.52. The zero-order valence-corrected chi connectivity index (χ0v) is 6.12. The topological polar surface area (TPSA) is 84.6 Å². The first-order valence-corrected chi connectivity index (χ1v) is 3.52. The van der Waals surface area contributed by atoms with Crippen molar-refractivity contribution in [1.29, 1.82) is 0 Å². The summed E-state index contributed by atoms with van der Waals surface area (Å²) in [6.07, 6.45) is -0.292. The van der Waals surface area contributed by atoms with E-state index in [0.717, 1.165) is 0 Å². The summed E-state index contributed by atoms with van der Waals surface area (Å²) >= 11 is 0. The van der Waals surface area contributed by atoms with Gasteiger partial charge in [0.05, 0.1) is 6.61 Å². The van der Waals surface area contributed by atoms with E-state index in [-0.39, 0.29) is 18.8 Å². The van der Waals surface area contributed by atoms with Gasteiger partial charge in [-0.25, -0.2) is 4.79 Å². The summed E-state index contributed by atoms with van der Waals surface area (Å²) in [4.78, 5) is 10.3. The van der Waals surface area contributed by atoms with Gasteiger partial charge in [0.15, 0.2) is 0 Å². The van der Waals surface area contributed by atoms with Gasteiger partial charge in [0.1, 0.15) is 6.10 Å². The minimum absolute atomic E-state index is 0.0411. The standard InChI is InChI=1S/C6H12N2O3/c7-6(10)11-5-1-4(3-9)8-2-5/h4-5,8-9H,1-3H2,(H2,7,10)/t4-,5+/m0/s1. The highest BCUT2D eigenvalue weighted by molar-refractivity contribution is 5.64. The molecule has 0 aromatic heterocycles. The molecule has 0 unspecified atom stereocenters. The van der Waals surface area contributed by atoms with Crippen molar-refractivity contribution >= 4 is 6.09 Å². The lowest BCUT2D eigenvalue weighted by molar-refractivity contribution is 0.113. The minimum atomic E-state index is -0.754. The minimum Gasteiger partial charge on any atom is -0.445 e. The molecule has 1 amide bonds. The third-order valence-corrected chi connectivity index (χ3v) is 1.68. The summed E-state index contributed by atoms with van der Waals surface area (Å²) in [6, 6.07) is 0.0411. The van der Waals surface area contributed by atoms with Crippen molar-refractivity contribution in [3.8, 4) is 0 Å². The van der Waals surface area contributed by atoms with Gasteiger partial charge in [-0.3, -0.25) is 0 Å². The number of aliphatic hydroxyl groups is 1. The average molecular weight is 160 g/mol. The van der Waals surface area contributed by atoms with Gasteiger partial charge < -0.3 is 20.9 Å². The molecule has 0 radical (unpaired) electrons. The van der Waals surface area contributed by atoms with Crippen molar-refractivity contribution in [2.75, 3.05) is 13.2 Å². The maximum absolute atomic E-state index is 10.3. The Morgan fingerprint density at radius 2 is 2.55 bits per heavy atom. The number of ether oxygens (including phenoxy) is 1. The van der Waals surface area contributed by atoms with E-state index >= 15 is 0 Å². The van der Waals surface area contributed by atoms with Gasteiger partial charge in [0.2, 0.25) is 0 Å². The molecule has 5 nitrogen and oxygen atoms in total. The van der Waals surface area contributed by atoms with Crippen LogP contribution in [0.2, 0.25) is 0 Å². The zero-order valence-electron chi connectivity index (χ0n) is 6.12. The molecule has 1 fully saturated rings. The molecule has 0 aromatic carbocycles. The Labute approximate surface area is 64.5 Å². The van der Waals surface area contributed by atoms with Crippen molar-refractivity contribution in [3.63, 3.8) is 0 Å². The van der Waals surface area contributed by atoms with Crippen molar-refractivity contribution < 1.29 is 14.6 Å². The molecule has 1 aliphatic heterocycles. The van der Waals surface area contributed by atoms with Gasteiger partial charge in [-0.15, -0.1) is 0 Å². The molecule has 64 valence electrons. The highest BCUT2D eigenvalue weighted by atomic mass is 16.6. The van der Waals surface area contributed by atoms with Crippen LogP contribution in [0.15, 0.2) is 0 Å². The van der Waals surface area contributed by atoms with Gasteiger partial charge >= 0.3 is 6.09 Å². The first-order chi connectivity index (χ1) is 5.22. The largest absolute Gasteiger partial charge is 0.445 e. The van der Waals surface area contributed by atoms with Crippen LogP contribution in [-0.2, 0) is 4.74 Å². The van der Waals surface area contributed by atoms with Crippen molar-refractivity contribution in [2.45, 2.75) is 18.6 Å². The van der Waals surface area contributed by atoms with E-state index in [1.54, 1.807) is 0 Å². The molecule has 11 heavy (non-hydrogen) atoms. The number of amides is 1. The number of hydrogen-bond acceptors (Lipinski definition) is 4. The molecule has 4 N–H and O–H groups in total. The Kier molecular flexibility index (Phi) is 2.67. The molecule has 0 aromatic rings. The number of nitrogens with two attached hydrogens (primary N) is 1. The van der Waals surface area contributed by atoms with E-state index in [1.807, 2.05) is 0 Å². The Morgan fingerprint density at radius 3 is 3.00 bits per heavy atom. The van der Waals surface area contributed by atoms with Crippen molar-refractivity contribution in [3.05, 3.63) is 0 Å². The number of aliphatic hydroxyl groups excluding tert-OH is 1. The van der Waals surface area contributed by atoms with Crippen LogP contribution in [0.25, 0.3) is 0 Å². The van der Waals surface area contributed by atoms with Crippen LogP contribution in [0, 0.1) is 0 Å². The number of carbonyl (C=O) groups excluding carboxylic acids is 1. The van der Waals surface area contributed by atoms with E-state index in [9.17, 15) is 4.79 Å². The lowest BCUT2D eigenvalue weighted by Gasteiger charge is -2.07. The number of hydrogen-bond donors (Lipinski definition) is 3. The van der Waals surface area contributed by atoms with E-state index in [0.29, 0.717) is 13.0 Å². The van der Waals surface area contributed by atoms with Gasteiger partial charge in [-0.05, 0) is 0 Å². The van der Waals surface area contributed by atoms with Crippen LogP contribution in [0.5, 0.6) is 0 Å². The smallest absolute Gasteiger partial charge is 0.404 e. The zero-order chi connectivity index (χ0) is 8.27. The molecule has 0 spiro atoms. The molecule has 2 atom stereocenters. The third kappa shape index (κ3) is 2.36. The molecule has 0 saturated carbocycles. The molecule has 1 saturated heterocycles. The Balaban J connectivity index is 2.24. The summed E-state index contributed by atoms with van der Waals surface area (Å²) in [6.45, 7) is 0.646. The SMILES string of the molecule is NC(=O)O[C@H]1CN[C@H](CO)C1. The lowest BCUT2D eigenvalue weighted by atomic mass is 10.2. The third-order valence-electron chi connectivity index (χ3n) is 1.68. The highest BCUT2D eigenvalue weighted by Crippen LogP contribution is 2.09. The average Bonchev–Trinajstić information content (AvgIpc) is 2.34. The van der Waals surface area contributed by atoms with Gasteiger partial charge in [0, 0.05) is 19.0 Å². The fraction of sp³-hybridized carbons (Fsp3) is 0.833. The van der Waals surface area contributed by atoms with Crippen LogP contribution in [0.4, 0.5) is 4.79 Å². The highest BCUT2D eigenvalue weighted by Gasteiger charge is 2.25. The molecule has 1 heterocycles. The number of nitrogens with one attached hydrogen (secondary N) is 1. The number of primary amides is 1. The molecule has 1 rings (SSSR count). The maximum Gasteiger partial charge on any atom is 0.404 e. The van der Waals surface area contributed by atoms with Crippen LogP contribution in [0.3, 0.4) is 0 Å². The van der Waals surface area contributed by atoms with Crippen molar-refractivity contribution in [1.82, 2.24) is 5.32 Å². The van der Waals surface area contributed by atoms with E-state index in [2.05, 4.69) is 5.32 Å². The van der Waals surface area contributed by atoms with Crippen molar-refractivity contribution in [2.24, 2.45) is 5.73 Å². The second-order valence-electron chi connectivity index (χ2n) is 2.58. The lowest BCUT2D eigenvalue weighted by Crippen LogP contribution is -2.25. The fourth-order valence-electron chi connectivity index (χ4n) is 1.18. The summed E-state index contributed by atoms with van der Waals surface area (Å²) in [7, 11) is 0. The molecule has 0 aliphatic carbocycles. The van der Waals surface area contributed by atoms with Gasteiger partial charge in [-0.1, -0.05) is 0 Å². The molecular weight excluding hydrogens is 148 g/mol. The van der Waals surface area contributed by atoms with Crippen LogP contribution < -0.4 is 11.1 Å². The van der Waals surface area contributed by atoms with Crippen LogP contribution in [0.1, 0.15) is 6.42 Å². The van der Waals surface area contributed by atoms with Crippen LogP contribution in [-0.4, -0.2) is 36.5 Å². The number of rotatable bonds is 2. The second kappa shape index (κ2) is 3.54. The van der Waals surface area contributed by atoms with E-state index in [1.165, 1.54) is 0 Å². The molecule has 1 aliphatic rings. The summed E-state index contributed by atoms with van der Waals surface area (Å²) in [5, 5.41) is 11.7. The monoisotopic (exact) mass is 160 g/mol. The van der Waals surface area contributed by atoms with E-state index in [4.69, 9.17) is 15.6 Å². The second-order valence-corrected chi connectivity index (χ2v) is 2.58. The maximum atomic E-state index is 10.3. The van der Waals surface area contributed by atoms with Gasteiger partial charge in [0.25, 0.3) is 0 Å². The summed E-state index contributed by atoms with van der Waals surface area (Å²) < 4.78 is 4.71. The molecule has 5 heteroatoms. The predicted molar refractivity (Wildman–Crippen MR) is 37.9 cm³/mol. The quantitative estimate of drug-likeness (QED) is 0.474. The normalized spacial score (nSPS) is 30.3. The Bertz CT molecular complexity index is 151. The first kappa shape index (κ1) is 8.29. The van der Waals surface area contributed by atoms with E-state index < -0.39 is 6.09 Å². The Hall–Kier alpha value is -0.810. The molecule has 0 bridgehead atoms. The summed E-state index contributed by atoms with van der Waals surface area (Å²) in [5.74, 6) is 0. The fourth-order valence-corrected chi connectivity index (χ4v) is 1.18. The van der Waals surface area contributed by atoms with Crippen LogP contribution >= 0.6 is 0 Å². The molecular formula is C6H12N2O3. The van der Waals surface area contributed by atoms with Gasteiger partial charge in [-0.2, -0.15) is 0 Å². The summed E-state index contributed by atoms with van der Waals surface area (Å²) in [5.41, 5.74) is 4.81. The number of carbonyl (C=O) groups is 1.